The minimum Gasteiger partial charge on any atom is -0.493 e. The topological polar surface area (TPSA) is 21.3 Å². The smallest absolute Gasteiger partial charge is 0.125 e. The van der Waals surface area contributed by atoms with Crippen LogP contribution in [0.15, 0.2) is 35.3 Å². The van der Waals surface area contributed by atoms with Crippen LogP contribution < -0.4 is 10.1 Å². The fraction of sp³-hybridized carbons (Fsp3) is 0.429. The molecular formula is C14H20BrNO. The van der Waals surface area contributed by atoms with Gasteiger partial charge < -0.3 is 10.1 Å². The average molecular weight is 298 g/mol. The summed E-state index contributed by atoms with van der Waals surface area (Å²) in [5, 5.41) is 3.23. The van der Waals surface area contributed by atoms with Gasteiger partial charge in [0.15, 0.2) is 0 Å². The van der Waals surface area contributed by atoms with E-state index in [9.17, 15) is 0 Å². The average Bonchev–Trinajstić information content (AvgIpc) is 2.34. The zero-order chi connectivity index (χ0) is 12.7. The van der Waals surface area contributed by atoms with Crippen molar-refractivity contribution in [2.45, 2.75) is 25.8 Å². The molecule has 0 aromatic heterocycles. The van der Waals surface area contributed by atoms with Crippen molar-refractivity contribution in [3.8, 4) is 5.75 Å². The fourth-order valence-electron chi connectivity index (χ4n) is 1.56. The maximum absolute atomic E-state index is 5.83. The van der Waals surface area contributed by atoms with Crippen molar-refractivity contribution in [1.29, 1.82) is 0 Å². The molecule has 1 aromatic rings. The quantitative estimate of drug-likeness (QED) is 0.605. The molecule has 0 bridgehead atoms. The lowest BCUT2D eigenvalue weighted by atomic mass is 10.1. The molecule has 0 aliphatic rings. The van der Waals surface area contributed by atoms with Crippen LogP contribution in [0.3, 0.4) is 0 Å². The van der Waals surface area contributed by atoms with Crippen molar-refractivity contribution < 1.29 is 4.74 Å². The molecule has 0 spiro atoms. The molecular weight excluding hydrogens is 278 g/mol. The van der Waals surface area contributed by atoms with Crippen molar-refractivity contribution in [2.75, 3.05) is 13.7 Å². The Bertz CT molecular complexity index is 365. The minimum absolute atomic E-state index is 0.289. The third-order valence-corrected chi connectivity index (χ3v) is 3.18. The Hall–Kier alpha value is -0.800. The number of hydrogen-bond donors (Lipinski definition) is 1. The molecule has 1 atom stereocenters. The third kappa shape index (κ3) is 4.52. The van der Waals surface area contributed by atoms with Crippen LogP contribution in [0.4, 0.5) is 0 Å². The number of nitrogens with one attached hydrogen (secondary N) is 1. The molecule has 0 aliphatic carbocycles. The summed E-state index contributed by atoms with van der Waals surface area (Å²) in [4.78, 5) is 0. The van der Waals surface area contributed by atoms with Crippen molar-refractivity contribution in [1.82, 2.24) is 5.32 Å². The predicted octanol–water partition coefficient (Wildman–Crippen LogP) is 4.07. The summed E-state index contributed by atoms with van der Waals surface area (Å²) in [7, 11) is 1.95. The Morgan fingerprint density at radius 2 is 2.29 bits per heavy atom. The van der Waals surface area contributed by atoms with Gasteiger partial charge in [0.05, 0.1) is 6.61 Å². The van der Waals surface area contributed by atoms with Gasteiger partial charge in [-0.1, -0.05) is 28.1 Å². The van der Waals surface area contributed by atoms with Crippen LogP contribution in [0.25, 0.3) is 0 Å². The number of unbranched alkanes of at least 4 members (excludes halogenated alkanes) is 1. The molecule has 0 amide bonds. The highest BCUT2D eigenvalue weighted by Gasteiger charge is 2.10. The molecule has 0 aliphatic heterocycles. The van der Waals surface area contributed by atoms with Crippen LogP contribution in [0.2, 0.25) is 0 Å². The number of benzene rings is 1. The van der Waals surface area contributed by atoms with Crippen molar-refractivity contribution in [2.24, 2.45) is 0 Å². The summed E-state index contributed by atoms with van der Waals surface area (Å²) in [5.41, 5.74) is 1.19. The molecule has 0 saturated carbocycles. The highest BCUT2D eigenvalue weighted by Crippen LogP contribution is 2.28. The summed E-state index contributed by atoms with van der Waals surface area (Å²) >= 11 is 3.47. The summed E-state index contributed by atoms with van der Waals surface area (Å²) < 4.78 is 6.87. The van der Waals surface area contributed by atoms with E-state index in [4.69, 9.17) is 4.74 Å². The Morgan fingerprint density at radius 1 is 1.53 bits per heavy atom. The highest BCUT2D eigenvalue weighted by atomic mass is 79.9. The molecule has 0 radical (unpaired) electrons. The van der Waals surface area contributed by atoms with Crippen LogP contribution in [0, 0.1) is 0 Å². The molecule has 3 heteroatoms. The lowest BCUT2D eigenvalue weighted by Gasteiger charge is -2.16. The van der Waals surface area contributed by atoms with E-state index in [1.807, 2.05) is 25.3 Å². The number of ether oxygens (including phenoxy) is 1. The van der Waals surface area contributed by atoms with Gasteiger partial charge in [-0.05, 0) is 38.9 Å². The maximum atomic E-state index is 5.83. The largest absolute Gasteiger partial charge is 0.493 e. The Labute approximate surface area is 112 Å². The molecule has 2 nitrogen and oxygen atoms in total. The standard InChI is InChI=1S/C14H20BrNO/c1-4-5-6-9-17-14-10-12(15)7-8-13(14)11(2)16-3/h4,7-8,10-11,16H,1,5-6,9H2,2-3H3. The van der Waals surface area contributed by atoms with Crippen LogP contribution in [0.1, 0.15) is 31.4 Å². The molecule has 0 saturated heterocycles. The summed E-state index contributed by atoms with van der Waals surface area (Å²) in [6, 6.07) is 6.45. The van der Waals surface area contributed by atoms with Gasteiger partial charge >= 0.3 is 0 Å². The lowest BCUT2D eigenvalue weighted by molar-refractivity contribution is 0.306. The van der Waals surface area contributed by atoms with Crippen LogP contribution in [0.5, 0.6) is 5.75 Å². The van der Waals surface area contributed by atoms with Gasteiger partial charge in [-0.2, -0.15) is 0 Å². The maximum Gasteiger partial charge on any atom is 0.125 e. The second-order valence-electron chi connectivity index (χ2n) is 3.97. The SMILES string of the molecule is C=CCCCOc1cc(Br)ccc1C(C)NC. The number of allylic oxidation sites excluding steroid dienone is 1. The van der Waals surface area contributed by atoms with Crippen molar-refractivity contribution in [3.05, 3.63) is 40.9 Å². The Morgan fingerprint density at radius 3 is 2.94 bits per heavy atom. The fourth-order valence-corrected chi connectivity index (χ4v) is 1.90. The van der Waals surface area contributed by atoms with E-state index in [1.165, 1.54) is 5.56 Å². The van der Waals surface area contributed by atoms with E-state index >= 15 is 0 Å². The first-order valence-corrected chi connectivity index (χ1v) is 6.68. The van der Waals surface area contributed by atoms with Crippen LogP contribution in [-0.4, -0.2) is 13.7 Å². The normalized spacial score (nSPS) is 12.2. The van der Waals surface area contributed by atoms with Crippen molar-refractivity contribution >= 4 is 15.9 Å². The monoisotopic (exact) mass is 297 g/mol. The number of halogens is 1. The molecule has 1 unspecified atom stereocenters. The van der Waals surface area contributed by atoms with E-state index in [2.05, 4.69) is 40.8 Å². The van der Waals surface area contributed by atoms with Gasteiger partial charge in [-0.25, -0.2) is 0 Å². The van der Waals surface area contributed by atoms with Gasteiger partial charge in [0, 0.05) is 16.1 Å². The van der Waals surface area contributed by atoms with Gasteiger partial charge in [-0.3, -0.25) is 0 Å². The van der Waals surface area contributed by atoms with E-state index in [1.54, 1.807) is 0 Å². The molecule has 0 heterocycles. The Balaban J connectivity index is 2.72. The van der Waals surface area contributed by atoms with Crippen molar-refractivity contribution in [3.63, 3.8) is 0 Å². The minimum atomic E-state index is 0.289. The van der Waals surface area contributed by atoms with Gasteiger partial charge in [0.1, 0.15) is 5.75 Å². The zero-order valence-electron chi connectivity index (χ0n) is 10.5. The molecule has 1 N–H and O–H groups in total. The molecule has 1 aromatic carbocycles. The predicted molar refractivity (Wildman–Crippen MR) is 76.5 cm³/mol. The van der Waals surface area contributed by atoms with Crippen LogP contribution in [-0.2, 0) is 0 Å². The van der Waals surface area contributed by atoms with E-state index in [0.717, 1.165) is 29.7 Å². The van der Waals surface area contributed by atoms with Gasteiger partial charge in [0.25, 0.3) is 0 Å². The number of hydrogen-bond acceptors (Lipinski definition) is 2. The highest BCUT2D eigenvalue weighted by molar-refractivity contribution is 9.10. The second-order valence-corrected chi connectivity index (χ2v) is 4.89. The summed E-state index contributed by atoms with van der Waals surface area (Å²) in [6.45, 7) is 6.56. The molecule has 17 heavy (non-hydrogen) atoms. The molecule has 94 valence electrons. The van der Waals surface area contributed by atoms with Gasteiger partial charge in [0.2, 0.25) is 0 Å². The Kier molecular flexibility index (Phi) is 6.30. The van der Waals surface area contributed by atoms with E-state index in [0.29, 0.717) is 0 Å². The van der Waals surface area contributed by atoms with E-state index in [-0.39, 0.29) is 6.04 Å². The van der Waals surface area contributed by atoms with E-state index < -0.39 is 0 Å². The first-order valence-electron chi connectivity index (χ1n) is 5.89. The molecule has 0 fully saturated rings. The summed E-state index contributed by atoms with van der Waals surface area (Å²) in [5.74, 6) is 0.949. The zero-order valence-corrected chi connectivity index (χ0v) is 12.1. The molecule has 1 rings (SSSR count). The lowest BCUT2D eigenvalue weighted by Crippen LogP contribution is -2.14. The van der Waals surface area contributed by atoms with Crippen LogP contribution >= 0.6 is 15.9 Å². The second kappa shape index (κ2) is 7.51. The summed E-state index contributed by atoms with van der Waals surface area (Å²) in [6.07, 6.45) is 3.91. The number of rotatable bonds is 7. The first-order chi connectivity index (χ1) is 8.19. The van der Waals surface area contributed by atoms with Gasteiger partial charge in [-0.15, -0.1) is 6.58 Å². The third-order valence-electron chi connectivity index (χ3n) is 2.69. The first kappa shape index (κ1) is 14.3.